The Hall–Kier alpha value is -1.37. The quantitative estimate of drug-likeness (QED) is 0.608. The Labute approximate surface area is 114 Å². The fourth-order valence-electron chi connectivity index (χ4n) is 1.50. The molecule has 0 heterocycles. The van der Waals surface area contributed by atoms with Crippen molar-refractivity contribution in [3.05, 3.63) is 34.8 Å². The zero-order chi connectivity index (χ0) is 13.5. The predicted molar refractivity (Wildman–Crippen MR) is 75.0 cm³/mol. The molecular weight excluding hydrogens is 298 g/mol. The van der Waals surface area contributed by atoms with Gasteiger partial charge in [0.2, 0.25) is 5.91 Å². The maximum absolute atomic E-state index is 10.8. The molecule has 5 nitrogen and oxygen atoms in total. The number of hydrogen-bond donors (Lipinski definition) is 4. The van der Waals surface area contributed by atoms with E-state index in [1.807, 2.05) is 23.8 Å². The monoisotopic (exact) mass is 313 g/mol. The summed E-state index contributed by atoms with van der Waals surface area (Å²) in [5.74, 6) is -0.0626. The van der Waals surface area contributed by atoms with Gasteiger partial charge in [-0.2, -0.15) is 0 Å². The van der Waals surface area contributed by atoms with Crippen LogP contribution in [0.5, 0.6) is 0 Å². The second-order valence-electron chi connectivity index (χ2n) is 3.76. The molecule has 1 aromatic rings. The van der Waals surface area contributed by atoms with Crippen molar-refractivity contribution in [1.82, 2.24) is 10.9 Å². The molecule has 0 bridgehead atoms. The van der Waals surface area contributed by atoms with Crippen molar-refractivity contribution in [2.45, 2.75) is 13.3 Å². The average molecular weight is 314 g/mol. The molecule has 1 amide bonds. The summed E-state index contributed by atoms with van der Waals surface area (Å²) in [4.78, 5) is 10.8. The number of hydrogen-bond acceptors (Lipinski definition) is 4. The molecule has 4 N–H and O–H groups in total. The Bertz CT molecular complexity index is 449. The van der Waals surface area contributed by atoms with Crippen LogP contribution in [0.25, 0.3) is 5.57 Å². The minimum absolute atomic E-state index is 0.0626. The molecule has 1 aromatic carbocycles. The Kier molecular flexibility index (Phi) is 5.84. The first-order valence-electron chi connectivity index (χ1n) is 5.42. The van der Waals surface area contributed by atoms with E-state index in [1.54, 1.807) is 0 Å². The van der Waals surface area contributed by atoms with E-state index >= 15 is 0 Å². The number of nitrogens with one attached hydrogen (secondary N) is 3. The molecule has 98 valence electrons. The van der Waals surface area contributed by atoms with Gasteiger partial charge in [-0.1, -0.05) is 22.5 Å². The first-order valence-corrected chi connectivity index (χ1v) is 6.21. The highest BCUT2D eigenvalue weighted by Gasteiger charge is 2.07. The second kappa shape index (κ2) is 7.15. The smallest absolute Gasteiger partial charge is 0.216 e. The maximum Gasteiger partial charge on any atom is 0.216 e. The largest absolute Gasteiger partial charge is 0.356 e. The highest BCUT2D eigenvalue weighted by atomic mass is 79.9. The summed E-state index contributed by atoms with van der Waals surface area (Å²) >= 11 is 3.39. The number of anilines is 1. The van der Waals surface area contributed by atoms with E-state index in [-0.39, 0.29) is 5.91 Å². The van der Waals surface area contributed by atoms with Crippen molar-refractivity contribution in [2.24, 2.45) is 0 Å². The topological polar surface area (TPSA) is 73.4 Å². The third kappa shape index (κ3) is 4.48. The van der Waals surface area contributed by atoms with Crippen LogP contribution >= 0.6 is 15.9 Å². The lowest BCUT2D eigenvalue weighted by atomic mass is 10.0. The molecule has 0 aliphatic carbocycles. The number of amides is 1. The summed E-state index contributed by atoms with van der Waals surface area (Å²) in [5, 5.41) is 11.4. The fraction of sp³-hybridized carbons (Fsp3) is 0.250. The van der Waals surface area contributed by atoms with Gasteiger partial charge in [-0.05, 0) is 30.2 Å². The number of rotatable bonds is 6. The third-order valence-electron chi connectivity index (χ3n) is 2.35. The van der Waals surface area contributed by atoms with E-state index < -0.39 is 0 Å². The Balaban J connectivity index is 2.76. The van der Waals surface area contributed by atoms with Gasteiger partial charge in [0, 0.05) is 23.5 Å². The molecule has 6 heteroatoms. The van der Waals surface area contributed by atoms with E-state index in [0.29, 0.717) is 18.7 Å². The lowest BCUT2D eigenvalue weighted by Gasteiger charge is -2.13. The normalized spacial score (nSPS) is 9.94. The number of carbonyl (C=O) groups is 1. The van der Waals surface area contributed by atoms with Gasteiger partial charge < -0.3 is 5.32 Å². The second-order valence-corrected chi connectivity index (χ2v) is 4.68. The van der Waals surface area contributed by atoms with Gasteiger partial charge >= 0.3 is 0 Å². The standard InChI is InChI=1S/C12H16BrN3O2/c1-8(5-6-14-9(2)17)11-7-10(13)3-4-12(11)15-16-18/h3-4,7,15-16,18H,1,5-6H2,2H3,(H,14,17). The zero-order valence-corrected chi connectivity index (χ0v) is 11.7. The van der Waals surface area contributed by atoms with Crippen LogP contribution in [0.2, 0.25) is 0 Å². The zero-order valence-electron chi connectivity index (χ0n) is 10.1. The van der Waals surface area contributed by atoms with Gasteiger partial charge in [-0.15, -0.1) is 5.59 Å². The molecule has 1 rings (SSSR count). The molecule has 0 saturated heterocycles. The van der Waals surface area contributed by atoms with Gasteiger partial charge in [0.05, 0.1) is 5.69 Å². The molecule has 0 radical (unpaired) electrons. The van der Waals surface area contributed by atoms with Crippen LogP contribution in [0, 0.1) is 0 Å². The van der Waals surface area contributed by atoms with Gasteiger partial charge in [0.15, 0.2) is 0 Å². The fourth-order valence-corrected chi connectivity index (χ4v) is 1.86. The molecule has 0 unspecified atom stereocenters. The van der Waals surface area contributed by atoms with Crippen LogP contribution in [-0.2, 0) is 4.79 Å². The SMILES string of the molecule is C=C(CCNC(C)=O)c1cc(Br)ccc1NNO. The van der Waals surface area contributed by atoms with Crippen molar-refractivity contribution in [3.63, 3.8) is 0 Å². The average Bonchev–Trinajstić information content (AvgIpc) is 2.31. The van der Waals surface area contributed by atoms with Gasteiger partial charge in [0.1, 0.15) is 0 Å². The first kappa shape index (κ1) is 14.7. The number of benzene rings is 1. The third-order valence-corrected chi connectivity index (χ3v) is 2.85. The Morgan fingerprint density at radius 3 is 2.83 bits per heavy atom. The minimum Gasteiger partial charge on any atom is -0.356 e. The van der Waals surface area contributed by atoms with Crippen LogP contribution in [0.1, 0.15) is 18.9 Å². The van der Waals surface area contributed by atoms with E-state index in [0.717, 1.165) is 15.6 Å². The molecular formula is C12H16BrN3O2. The summed E-state index contributed by atoms with van der Waals surface area (Å²) in [6, 6.07) is 5.56. The molecule has 0 spiro atoms. The summed E-state index contributed by atoms with van der Waals surface area (Å²) in [6.45, 7) is 6.00. The maximum atomic E-state index is 10.8. The van der Waals surface area contributed by atoms with Crippen LogP contribution < -0.4 is 16.3 Å². The highest BCUT2D eigenvalue weighted by Crippen LogP contribution is 2.27. The lowest BCUT2D eigenvalue weighted by Crippen LogP contribution is -2.21. The molecule has 0 aromatic heterocycles. The van der Waals surface area contributed by atoms with E-state index in [2.05, 4.69) is 33.3 Å². The summed E-state index contributed by atoms with van der Waals surface area (Å²) in [5.41, 5.74) is 6.97. The van der Waals surface area contributed by atoms with E-state index in [1.165, 1.54) is 6.92 Å². The predicted octanol–water partition coefficient (Wildman–Crippen LogP) is 2.29. The summed E-state index contributed by atoms with van der Waals surface area (Å²) in [6.07, 6.45) is 0.635. The number of hydrazine groups is 1. The van der Waals surface area contributed by atoms with Gasteiger partial charge in [-0.25, -0.2) is 0 Å². The van der Waals surface area contributed by atoms with Crippen molar-refractivity contribution >= 4 is 33.1 Å². The first-order chi connectivity index (χ1) is 8.54. The van der Waals surface area contributed by atoms with E-state index in [4.69, 9.17) is 5.21 Å². The number of halogens is 1. The molecule has 0 fully saturated rings. The summed E-state index contributed by atoms with van der Waals surface area (Å²) < 4.78 is 0.918. The van der Waals surface area contributed by atoms with Gasteiger partial charge in [0.25, 0.3) is 0 Å². The highest BCUT2D eigenvalue weighted by molar-refractivity contribution is 9.10. The van der Waals surface area contributed by atoms with Crippen LogP contribution in [-0.4, -0.2) is 17.7 Å². The molecule has 0 aliphatic heterocycles. The summed E-state index contributed by atoms with van der Waals surface area (Å²) in [7, 11) is 0. The van der Waals surface area contributed by atoms with Crippen molar-refractivity contribution < 1.29 is 10.0 Å². The molecule has 0 atom stereocenters. The Morgan fingerprint density at radius 2 is 2.22 bits per heavy atom. The van der Waals surface area contributed by atoms with Crippen molar-refractivity contribution in [3.8, 4) is 0 Å². The minimum atomic E-state index is -0.0626. The number of carbonyl (C=O) groups excluding carboxylic acids is 1. The van der Waals surface area contributed by atoms with Crippen LogP contribution in [0.4, 0.5) is 5.69 Å². The van der Waals surface area contributed by atoms with Crippen LogP contribution in [0.15, 0.2) is 29.3 Å². The molecule has 0 aliphatic rings. The van der Waals surface area contributed by atoms with E-state index in [9.17, 15) is 4.79 Å². The van der Waals surface area contributed by atoms with Crippen LogP contribution in [0.3, 0.4) is 0 Å². The van der Waals surface area contributed by atoms with Gasteiger partial charge in [-0.3, -0.25) is 15.4 Å². The molecule has 0 saturated carbocycles. The Morgan fingerprint density at radius 1 is 1.50 bits per heavy atom. The van der Waals surface area contributed by atoms with Crippen molar-refractivity contribution in [1.29, 1.82) is 0 Å². The lowest BCUT2D eigenvalue weighted by molar-refractivity contribution is -0.118. The van der Waals surface area contributed by atoms with Crippen molar-refractivity contribution in [2.75, 3.05) is 12.0 Å². The molecule has 18 heavy (non-hydrogen) atoms.